The molecular weight excluding hydrogens is 352 g/mol. The summed E-state index contributed by atoms with van der Waals surface area (Å²) in [5.41, 5.74) is 0.909. The molecule has 7 heteroatoms. The Bertz CT molecular complexity index is 841. The number of carbonyl (C=O) groups is 1. The maximum Gasteiger partial charge on any atom is 0.260 e. The number of hydrogen-bond donors (Lipinski definition) is 0. The molecular formula is C20H19F2N3O2. The van der Waals surface area contributed by atoms with Crippen molar-refractivity contribution in [2.24, 2.45) is 0 Å². The predicted octanol–water partition coefficient (Wildman–Crippen LogP) is 2.56. The molecule has 1 saturated heterocycles. The van der Waals surface area contributed by atoms with Gasteiger partial charge in [-0.25, -0.2) is 8.78 Å². The van der Waals surface area contributed by atoms with Crippen molar-refractivity contribution in [2.45, 2.75) is 6.54 Å². The second-order valence-corrected chi connectivity index (χ2v) is 6.32. The summed E-state index contributed by atoms with van der Waals surface area (Å²) in [5, 5.41) is 8.94. The van der Waals surface area contributed by atoms with Crippen LogP contribution in [0.5, 0.6) is 5.75 Å². The maximum absolute atomic E-state index is 13.9. The smallest absolute Gasteiger partial charge is 0.260 e. The van der Waals surface area contributed by atoms with Gasteiger partial charge in [0.15, 0.2) is 6.61 Å². The molecule has 0 radical (unpaired) electrons. The van der Waals surface area contributed by atoms with Crippen LogP contribution in [0.3, 0.4) is 0 Å². The highest BCUT2D eigenvalue weighted by Crippen LogP contribution is 2.15. The van der Waals surface area contributed by atoms with Crippen LogP contribution in [-0.2, 0) is 11.3 Å². The molecule has 1 amide bonds. The summed E-state index contributed by atoms with van der Waals surface area (Å²) < 4.78 is 32.2. The summed E-state index contributed by atoms with van der Waals surface area (Å²) in [6.45, 7) is 2.55. The zero-order valence-corrected chi connectivity index (χ0v) is 14.7. The average molecular weight is 371 g/mol. The molecule has 1 fully saturated rings. The van der Waals surface area contributed by atoms with Crippen LogP contribution in [0.2, 0.25) is 0 Å². The normalized spacial score (nSPS) is 14.6. The molecule has 0 spiro atoms. The van der Waals surface area contributed by atoms with E-state index < -0.39 is 0 Å². The van der Waals surface area contributed by atoms with Crippen molar-refractivity contribution >= 4 is 5.91 Å². The molecule has 0 aliphatic carbocycles. The molecule has 0 aromatic heterocycles. The van der Waals surface area contributed by atoms with E-state index in [2.05, 4.69) is 0 Å². The molecule has 0 saturated carbocycles. The molecule has 140 valence electrons. The Hall–Kier alpha value is -2.98. The van der Waals surface area contributed by atoms with Crippen molar-refractivity contribution in [1.29, 1.82) is 5.26 Å². The Labute approximate surface area is 156 Å². The number of benzene rings is 2. The summed E-state index contributed by atoms with van der Waals surface area (Å²) in [4.78, 5) is 16.0. The third-order valence-electron chi connectivity index (χ3n) is 4.47. The first kappa shape index (κ1) is 18.8. The van der Waals surface area contributed by atoms with Crippen molar-refractivity contribution in [2.75, 3.05) is 32.8 Å². The van der Waals surface area contributed by atoms with Crippen LogP contribution in [0, 0.1) is 23.0 Å². The van der Waals surface area contributed by atoms with Gasteiger partial charge < -0.3 is 9.64 Å². The fourth-order valence-corrected chi connectivity index (χ4v) is 2.93. The van der Waals surface area contributed by atoms with Crippen LogP contribution in [-0.4, -0.2) is 48.5 Å². The Balaban J connectivity index is 1.47. The summed E-state index contributed by atoms with van der Waals surface area (Å²) in [6.07, 6.45) is 0. The highest BCUT2D eigenvalue weighted by molar-refractivity contribution is 5.77. The van der Waals surface area contributed by atoms with Crippen LogP contribution < -0.4 is 4.74 Å². The van der Waals surface area contributed by atoms with Gasteiger partial charge >= 0.3 is 0 Å². The number of carbonyl (C=O) groups excluding carboxylic acids is 1. The fourth-order valence-electron chi connectivity index (χ4n) is 2.93. The molecule has 0 bridgehead atoms. The molecule has 0 atom stereocenters. The van der Waals surface area contributed by atoms with Crippen LogP contribution in [0.15, 0.2) is 42.5 Å². The van der Waals surface area contributed by atoms with E-state index >= 15 is 0 Å². The Morgan fingerprint density at radius 3 is 2.44 bits per heavy atom. The third kappa shape index (κ3) is 5.02. The number of amides is 1. The van der Waals surface area contributed by atoms with E-state index in [-0.39, 0.29) is 24.1 Å². The third-order valence-corrected chi connectivity index (χ3v) is 4.47. The van der Waals surface area contributed by atoms with E-state index in [9.17, 15) is 13.6 Å². The first-order valence-corrected chi connectivity index (χ1v) is 8.62. The lowest BCUT2D eigenvalue weighted by molar-refractivity contribution is -0.135. The number of nitriles is 1. The molecule has 2 aromatic carbocycles. The number of ether oxygens (including phenoxy) is 1. The fraction of sp³-hybridized carbons (Fsp3) is 0.300. The highest BCUT2D eigenvalue weighted by Gasteiger charge is 2.22. The van der Waals surface area contributed by atoms with Gasteiger partial charge in [-0.3, -0.25) is 9.69 Å². The molecule has 1 aliphatic heterocycles. The SMILES string of the molecule is N#Cc1ccc(F)c(CN2CCN(C(=O)COc3ccc(F)cc3)CC2)c1. The molecule has 1 aliphatic rings. The molecule has 0 N–H and O–H groups in total. The van der Waals surface area contributed by atoms with Crippen molar-refractivity contribution in [3.8, 4) is 11.8 Å². The Kier molecular flexibility index (Phi) is 5.99. The number of piperazine rings is 1. The number of halogens is 2. The quantitative estimate of drug-likeness (QED) is 0.811. The second kappa shape index (κ2) is 8.60. The van der Waals surface area contributed by atoms with Gasteiger partial charge in [-0.1, -0.05) is 0 Å². The van der Waals surface area contributed by atoms with Gasteiger partial charge in [0.05, 0.1) is 11.6 Å². The number of nitrogens with zero attached hydrogens (tertiary/aromatic N) is 3. The minimum absolute atomic E-state index is 0.107. The maximum atomic E-state index is 13.9. The van der Waals surface area contributed by atoms with Gasteiger partial charge in [0.2, 0.25) is 0 Å². The molecule has 1 heterocycles. The van der Waals surface area contributed by atoms with E-state index in [4.69, 9.17) is 10.00 Å². The van der Waals surface area contributed by atoms with Crippen LogP contribution in [0.1, 0.15) is 11.1 Å². The molecule has 27 heavy (non-hydrogen) atoms. The Morgan fingerprint density at radius 2 is 1.78 bits per heavy atom. The lowest BCUT2D eigenvalue weighted by Gasteiger charge is -2.34. The zero-order chi connectivity index (χ0) is 19.2. The number of rotatable bonds is 5. The van der Waals surface area contributed by atoms with Gasteiger partial charge in [0, 0.05) is 38.3 Å². The summed E-state index contributed by atoms with van der Waals surface area (Å²) in [5.74, 6) is -0.394. The zero-order valence-electron chi connectivity index (χ0n) is 14.7. The van der Waals surface area contributed by atoms with Crippen molar-refractivity contribution in [1.82, 2.24) is 9.80 Å². The molecule has 0 unspecified atom stereocenters. The summed E-state index contributed by atoms with van der Waals surface area (Å²) in [7, 11) is 0. The van der Waals surface area contributed by atoms with E-state index in [0.717, 1.165) is 0 Å². The van der Waals surface area contributed by atoms with Gasteiger partial charge in [0.25, 0.3) is 5.91 Å². The molecule has 3 rings (SSSR count). The largest absolute Gasteiger partial charge is 0.484 e. The van der Waals surface area contributed by atoms with Crippen molar-refractivity contribution < 1.29 is 18.3 Å². The van der Waals surface area contributed by atoms with Gasteiger partial charge in [-0.2, -0.15) is 5.26 Å². The first-order chi connectivity index (χ1) is 13.0. The first-order valence-electron chi connectivity index (χ1n) is 8.62. The second-order valence-electron chi connectivity index (χ2n) is 6.32. The van der Waals surface area contributed by atoms with Crippen molar-refractivity contribution in [3.63, 3.8) is 0 Å². The predicted molar refractivity (Wildman–Crippen MR) is 94.9 cm³/mol. The highest BCUT2D eigenvalue weighted by atomic mass is 19.1. The van der Waals surface area contributed by atoms with E-state index in [1.54, 1.807) is 11.0 Å². The minimum atomic E-state index is -0.360. The van der Waals surface area contributed by atoms with Crippen LogP contribution in [0.4, 0.5) is 8.78 Å². The van der Waals surface area contributed by atoms with Gasteiger partial charge in [-0.05, 0) is 42.5 Å². The summed E-state index contributed by atoms with van der Waals surface area (Å²) >= 11 is 0. The monoisotopic (exact) mass is 371 g/mol. The van der Waals surface area contributed by atoms with Crippen LogP contribution >= 0.6 is 0 Å². The minimum Gasteiger partial charge on any atom is -0.484 e. The average Bonchev–Trinajstić information content (AvgIpc) is 2.69. The number of hydrogen-bond acceptors (Lipinski definition) is 4. The van der Waals surface area contributed by atoms with Crippen molar-refractivity contribution in [3.05, 3.63) is 65.2 Å². The lowest BCUT2D eigenvalue weighted by Crippen LogP contribution is -2.49. The van der Waals surface area contributed by atoms with E-state index in [1.165, 1.54) is 36.4 Å². The molecule has 5 nitrogen and oxygen atoms in total. The van der Waals surface area contributed by atoms with Gasteiger partial charge in [-0.15, -0.1) is 0 Å². The Morgan fingerprint density at radius 1 is 1.07 bits per heavy atom. The summed E-state index contributed by atoms with van der Waals surface area (Å²) in [6, 6.07) is 11.8. The molecule has 2 aromatic rings. The topological polar surface area (TPSA) is 56.6 Å². The van der Waals surface area contributed by atoms with E-state index in [1.807, 2.05) is 11.0 Å². The van der Waals surface area contributed by atoms with Gasteiger partial charge in [0.1, 0.15) is 17.4 Å². The lowest BCUT2D eigenvalue weighted by atomic mass is 10.1. The van der Waals surface area contributed by atoms with E-state index in [0.29, 0.717) is 49.6 Å². The standard InChI is InChI=1S/C20H19F2N3O2/c21-17-2-4-18(5-3-17)27-14-20(26)25-9-7-24(8-10-25)13-16-11-15(12-23)1-6-19(16)22/h1-6,11H,7-10,13-14H2. The van der Waals surface area contributed by atoms with Crippen LogP contribution in [0.25, 0.3) is 0 Å².